The van der Waals surface area contributed by atoms with Crippen molar-refractivity contribution in [2.75, 3.05) is 40.2 Å². The number of benzene rings is 1. The number of carbonyl (C=O) groups excluding carboxylic acids is 1. The lowest BCUT2D eigenvalue weighted by Crippen LogP contribution is -2.44. The molecule has 1 aromatic carbocycles. The van der Waals surface area contributed by atoms with Crippen LogP contribution < -0.4 is 20.1 Å². The molecule has 136 valence electrons. The van der Waals surface area contributed by atoms with Crippen LogP contribution in [0.15, 0.2) is 12.1 Å². The molecule has 0 heterocycles. The fourth-order valence-electron chi connectivity index (χ4n) is 2.65. The molecule has 6 nitrogen and oxygen atoms in total. The number of likely N-dealkylation sites (N-methyl/N-ethyl adjacent to an activating group) is 1. The smallest absolute Gasteiger partial charge is 0.319 e. The molecule has 2 N–H and O–H groups in total. The number of amides is 2. The number of methoxy groups -OCH3 is 2. The van der Waals surface area contributed by atoms with Gasteiger partial charge < -0.3 is 25.0 Å². The van der Waals surface area contributed by atoms with Crippen LogP contribution in [0.3, 0.4) is 0 Å². The van der Waals surface area contributed by atoms with E-state index < -0.39 is 0 Å². The molecule has 1 rings (SSSR count). The molecule has 0 aliphatic carbocycles. The summed E-state index contributed by atoms with van der Waals surface area (Å²) in [6.07, 6.45) is 0.927. The highest BCUT2D eigenvalue weighted by Gasteiger charge is 2.16. The predicted molar refractivity (Wildman–Crippen MR) is 98.2 cm³/mol. The van der Waals surface area contributed by atoms with Gasteiger partial charge in [-0.3, -0.25) is 0 Å². The van der Waals surface area contributed by atoms with Crippen LogP contribution in [0.25, 0.3) is 0 Å². The topological polar surface area (TPSA) is 62.8 Å². The van der Waals surface area contributed by atoms with Crippen LogP contribution in [0, 0.1) is 12.8 Å². The van der Waals surface area contributed by atoms with Crippen LogP contribution in [0.1, 0.15) is 25.8 Å². The number of hydrogen-bond donors (Lipinski definition) is 2. The molecule has 0 radical (unpaired) electrons. The first kappa shape index (κ1) is 20.1. The average Bonchev–Trinajstić information content (AvgIpc) is 2.47. The highest BCUT2D eigenvalue weighted by Crippen LogP contribution is 2.32. The molecule has 1 unspecified atom stereocenters. The Morgan fingerprint density at radius 1 is 1.17 bits per heavy atom. The number of urea groups is 1. The molecule has 0 bridgehead atoms. The summed E-state index contributed by atoms with van der Waals surface area (Å²) in [4.78, 5) is 14.5. The summed E-state index contributed by atoms with van der Waals surface area (Å²) in [6, 6.07) is 3.51. The van der Waals surface area contributed by atoms with Crippen molar-refractivity contribution in [1.82, 2.24) is 10.2 Å². The van der Waals surface area contributed by atoms with E-state index in [0.717, 1.165) is 18.5 Å². The van der Waals surface area contributed by atoms with Gasteiger partial charge in [0.25, 0.3) is 0 Å². The summed E-state index contributed by atoms with van der Waals surface area (Å²) < 4.78 is 10.6. The maximum atomic E-state index is 12.4. The zero-order valence-electron chi connectivity index (χ0n) is 15.9. The van der Waals surface area contributed by atoms with Crippen LogP contribution in [0.5, 0.6) is 11.5 Å². The Morgan fingerprint density at radius 3 is 2.25 bits per heavy atom. The fourth-order valence-corrected chi connectivity index (χ4v) is 2.65. The Bertz CT molecular complexity index is 535. The maximum Gasteiger partial charge on any atom is 0.319 e. The van der Waals surface area contributed by atoms with Gasteiger partial charge in [-0.15, -0.1) is 0 Å². The lowest BCUT2D eigenvalue weighted by Gasteiger charge is -2.24. The molecule has 0 aliphatic heterocycles. The van der Waals surface area contributed by atoms with Crippen LogP contribution in [0.2, 0.25) is 0 Å². The standard InChI is InChI=1S/C18H31N3O3/c1-12(2)8-14(11-21(4)5)19-18(22)20-15-10-17(24-7)16(23-6)9-13(15)3/h9-10,12,14H,8,11H2,1-7H3,(H2,19,20,22). The Balaban J connectivity index is 2.82. The maximum absolute atomic E-state index is 12.4. The first-order chi connectivity index (χ1) is 11.3. The van der Waals surface area contributed by atoms with Crippen LogP contribution in [0.4, 0.5) is 10.5 Å². The van der Waals surface area contributed by atoms with Crippen molar-refractivity contribution in [2.45, 2.75) is 33.2 Å². The van der Waals surface area contributed by atoms with Gasteiger partial charge in [0, 0.05) is 24.3 Å². The van der Waals surface area contributed by atoms with Crippen LogP contribution in [-0.2, 0) is 0 Å². The molecule has 0 aliphatic rings. The van der Waals surface area contributed by atoms with E-state index in [4.69, 9.17) is 9.47 Å². The van der Waals surface area contributed by atoms with E-state index in [-0.39, 0.29) is 12.1 Å². The normalized spacial score (nSPS) is 12.2. The lowest BCUT2D eigenvalue weighted by atomic mass is 10.0. The van der Waals surface area contributed by atoms with Gasteiger partial charge in [0.05, 0.1) is 14.2 Å². The Labute approximate surface area is 145 Å². The number of carbonyl (C=O) groups is 1. The zero-order valence-corrected chi connectivity index (χ0v) is 15.9. The number of hydrogen-bond acceptors (Lipinski definition) is 4. The van der Waals surface area contributed by atoms with Gasteiger partial charge in [-0.05, 0) is 45.0 Å². The predicted octanol–water partition coefficient (Wildman–Crippen LogP) is 3.11. The van der Waals surface area contributed by atoms with E-state index in [1.807, 2.05) is 27.1 Å². The van der Waals surface area contributed by atoms with Crippen molar-refractivity contribution in [1.29, 1.82) is 0 Å². The van der Waals surface area contributed by atoms with Crippen molar-refractivity contribution < 1.29 is 14.3 Å². The fraction of sp³-hybridized carbons (Fsp3) is 0.611. The second kappa shape index (κ2) is 9.37. The van der Waals surface area contributed by atoms with Gasteiger partial charge in [-0.1, -0.05) is 13.8 Å². The molecule has 0 aromatic heterocycles. The lowest BCUT2D eigenvalue weighted by molar-refractivity contribution is 0.240. The molecule has 2 amide bonds. The van der Waals surface area contributed by atoms with Crippen molar-refractivity contribution in [3.05, 3.63) is 17.7 Å². The highest BCUT2D eigenvalue weighted by atomic mass is 16.5. The molecular formula is C18H31N3O3. The molecule has 0 fully saturated rings. The van der Waals surface area contributed by atoms with Gasteiger partial charge >= 0.3 is 6.03 Å². The third-order valence-electron chi connectivity index (χ3n) is 3.66. The van der Waals surface area contributed by atoms with Crippen molar-refractivity contribution in [3.63, 3.8) is 0 Å². The van der Waals surface area contributed by atoms with Crippen molar-refractivity contribution in [3.8, 4) is 11.5 Å². The van der Waals surface area contributed by atoms with Gasteiger partial charge in [-0.2, -0.15) is 0 Å². The monoisotopic (exact) mass is 337 g/mol. The number of anilines is 1. The van der Waals surface area contributed by atoms with E-state index in [1.54, 1.807) is 20.3 Å². The number of ether oxygens (including phenoxy) is 2. The van der Waals surface area contributed by atoms with Gasteiger partial charge in [0.1, 0.15) is 0 Å². The summed E-state index contributed by atoms with van der Waals surface area (Å²) in [5, 5.41) is 5.97. The molecule has 1 atom stereocenters. The average molecular weight is 337 g/mol. The highest BCUT2D eigenvalue weighted by molar-refractivity contribution is 5.90. The minimum absolute atomic E-state index is 0.0976. The van der Waals surface area contributed by atoms with E-state index >= 15 is 0 Å². The molecule has 0 saturated carbocycles. The molecule has 0 spiro atoms. The molecular weight excluding hydrogens is 306 g/mol. The second-order valence-electron chi connectivity index (χ2n) is 6.71. The zero-order chi connectivity index (χ0) is 18.3. The number of aryl methyl sites for hydroxylation is 1. The molecule has 1 aromatic rings. The van der Waals surface area contributed by atoms with E-state index in [1.165, 1.54) is 0 Å². The summed E-state index contributed by atoms with van der Waals surface area (Å²) in [6.45, 7) is 7.03. The second-order valence-corrected chi connectivity index (χ2v) is 6.71. The van der Waals surface area contributed by atoms with Crippen LogP contribution >= 0.6 is 0 Å². The largest absolute Gasteiger partial charge is 0.493 e. The van der Waals surface area contributed by atoms with E-state index in [9.17, 15) is 4.79 Å². The Kier molecular flexibility index (Phi) is 7.85. The van der Waals surface area contributed by atoms with Crippen molar-refractivity contribution >= 4 is 11.7 Å². The molecule has 24 heavy (non-hydrogen) atoms. The summed E-state index contributed by atoms with van der Waals surface area (Å²) in [5.74, 6) is 1.75. The minimum Gasteiger partial charge on any atom is -0.493 e. The SMILES string of the molecule is COc1cc(C)c(NC(=O)NC(CC(C)C)CN(C)C)cc1OC. The third-order valence-corrected chi connectivity index (χ3v) is 3.66. The summed E-state index contributed by atoms with van der Waals surface area (Å²) in [5.41, 5.74) is 1.62. The molecule has 6 heteroatoms. The van der Waals surface area contributed by atoms with Crippen molar-refractivity contribution in [2.24, 2.45) is 5.92 Å². The number of rotatable bonds is 8. The Morgan fingerprint density at radius 2 is 1.75 bits per heavy atom. The first-order valence-corrected chi connectivity index (χ1v) is 8.21. The first-order valence-electron chi connectivity index (χ1n) is 8.21. The van der Waals surface area contributed by atoms with E-state index in [0.29, 0.717) is 23.1 Å². The number of nitrogens with zero attached hydrogens (tertiary/aromatic N) is 1. The minimum atomic E-state index is -0.210. The quantitative estimate of drug-likeness (QED) is 0.765. The van der Waals surface area contributed by atoms with Gasteiger partial charge in [0.15, 0.2) is 11.5 Å². The van der Waals surface area contributed by atoms with E-state index in [2.05, 4.69) is 29.4 Å². The summed E-state index contributed by atoms with van der Waals surface area (Å²) in [7, 11) is 7.18. The van der Waals surface area contributed by atoms with Crippen LogP contribution in [-0.4, -0.2) is 51.8 Å². The number of nitrogens with one attached hydrogen (secondary N) is 2. The summed E-state index contributed by atoms with van der Waals surface area (Å²) >= 11 is 0. The third kappa shape index (κ3) is 6.28. The molecule has 0 saturated heterocycles. The van der Waals surface area contributed by atoms with Gasteiger partial charge in [-0.25, -0.2) is 4.79 Å². The van der Waals surface area contributed by atoms with Gasteiger partial charge in [0.2, 0.25) is 0 Å². The Hall–Kier alpha value is -1.95.